The van der Waals surface area contributed by atoms with Crippen molar-refractivity contribution in [2.45, 2.75) is 25.3 Å². The van der Waals surface area contributed by atoms with Crippen LogP contribution in [0.15, 0.2) is 28.8 Å². The van der Waals surface area contributed by atoms with E-state index in [1.165, 1.54) is 0 Å². The lowest BCUT2D eigenvalue weighted by Gasteiger charge is -2.41. The molecule has 0 aromatic heterocycles. The van der Waals surface area contributed by atoms with Crippen molar-refractivity contribution >= 4 is 17.5 Å². The Morgan fingerprint density at radius 2 is 2.36 bits per heavy atom. The number of ether oxygens (including phenoxy) is 2. The molecule has 0 fully saturated rings. The lowest BCUT2D eigenvalue weighted by atomic mass is 9.79. The third-order valence-corrected chi connectivity index (χ3v) is 4.31. The maximum absolute atomic E-state index is 12.1. The van der Waals surface area contributed by atoms with E-state index in [1.807, 2.05) is 31.2 Å². The van der Waals surface area contributed by atoms with Crippen LogP contribution in [0.3, 0.4) is 0 Å². The van der Waals surface area contributed by atoms with Crippen LogP contribution in [-0.4, -0.2) is 19.1 Å². The molecule has 0 unspecified atom stereocenters. The number of halogens is 1. The number of rotatable bonds is 2. The minimum Gasteiger partial charge on any atom is -0.494 e. The van der Waals surface area contributed by atoms with Gasteiger partial charge in [0.05, 0.1) is 18.8 Å². The molecule has 3 rings (SSSR count). The summed E-state index contributed by atoms with van der Waals surface area (Å²) in [5.41, 5.74) is 0.240. The highest BCUT2D eigenvalue weighted by Gasteiger charge is 2.44. The zero-order valence-electron chi connectivity index (χ0n) is 12.1. The van der Waals surface area contributed by atoms with Crippen LogP contribution in [0.2, 0.25) is 0 Å². The van der Waals surface area contributed by atoms with Crippen LogP contribution in [0.5, 0.6) is 11.5 Å². The number of carbonyl (C=O) groups is 1. The van der Waals surface area contributed by atoms with E-state index >= 15 is 0 Å². The van der Waals surface area contributed by atoms with Gasteiger partial charge in [0.25, 0.3) is 5.91 Å². The zero-order chi connectivity index (χ0) is 15.7. The van der Waals surface area contributed by atoms with E-state index in [0.29, 0.717) is 36.8 Å². The average Bonchev–Trinajstić information content (AvgIpc) is 2.47. The van der Waals surface area contributed by atoms with Gasteiger partial charge in [-0.2, -0.15) is 5.26 Å². The number of benzene rings is 1. The Kier molecular flexibility index (Phi) is 3.71. The molecule has 0 aliphatic carbocycles. The zero-order valence-corrected chi connectivity index (χ0v) is 12.9. The first-order valence-electron chi connectivity index (χ1n) is 7.11. The van der Waals surface area contributed by atoms with Crippen molar-refractivity contribution in [3.8, 4) is 17.6 Å². The van der Waals surface area contributed by atoms with Crippen molar-refractivity contribution in [2.24, 2.45) is 0 Å². The number of amides is 1. The van der Waals surface area contributed by atoms with E-state index in [1.54, 1.807) is 0 Å². The van der Waals surface area contributed by atoms with Gasteiger partial charge in [-0.25, -0.2) is 0 Å². The molecule has 5 nitrogen and oxygen atoms in total. The standard InChI is InChI=1S/C16H15ClN2O3/c1-2-21-10-3-4-12-14(7-10)22-6-5-16(12)8-13(17)11(9-18)15(20)19-16/h3-4,7H,2,5-6,8H2,1H3,(H,19,20)/t16-/m1/s1. The summed E-state index contributed by atoms with van der Waals surface area (Å²) < 4.78 is 11.2. The summed E-state index contributed by atoms with van der Waals surface area (Å²) in [6.07, 6.45) is 1.00. The molecule has 2 heterocycles. The Bertz CT molecular complexity index is 708. The van der Waals surface area contributed by atoms with Crippen LogP contribution in [0.1, 0.15) is 25.3 Å². The fraction of sp³-hybridized carbons (Fsp3) is 0.375. The maximum Gasteiger partial charge on any atom is 0.263 e. The van der Waals surface area contributed by atoms with Gasteiger partial charge in [0.1, 0.15) is 23.1 Å². The molecule has 0 bridgehead atoms. The summed E-state index contributed by atoms with van der Waals surface area (Å²) >= 11 is 6.18. The summed E-state index contributed by atoms with van der Waals surface area (Å²) in [6.45, 7) is 2.95. The van der Waals surface area contributed by atoms with Gasteiger partial charge in [0.15, 0.2) is 0 Å². The number of hydrogen-bond donors (Lipinski definition) is 1. The molecule has 0 radical (unpaired) electrons. The van der Waals surface area contributed by atoms with Crippen molar-refractivity contribution < 1.29 is 14.3 Å². The lowest BCUT2D eigenvalue weighted by molar-refractivity contribution is -0.120. The molecule has 0 saturated heterocycles. The molecule has 1 amide bonds. The van der Waals surface area contributed by atoms with Crippen molar-refractivity contribution in [1.29, 1.82) is 5.26 Å². The Labute approximate surface area is 133 Å². The summed E-state index contributed by atoms with van der Waals surface area (Å²) in [5, 5.41) is 12.3. The minimum atomic E-state index is -0.618. The van der Waals surface area contributed by atoms with Crippen molar-refractivity contribution in [2.75, 3.05) is 13.2 Å². The molecular weight excluding hydrogens is 304 g/mol. The van der Waals surface area contributed by atoms with Crippen LogP contribution in [-0.2, 0) is 10.3 Å². The second-order valence-electron chi connectivity index (χ2n) is 5.29. The van der Waals surface area contributed by atoms with Crippen LogP contribution < -0.4 is 14.8 Å². The van der Waals surface area contributed by atoms with Crippen molar-refractivity contribution in [1.82, 2.24) is 5.32 Å². The Balaban J connectivity index is 2.04. The highest BCUT2D eigenvalue weighted by molar-refractivity contribution is 6.33. The van der Waals surface area contributed by atoms with E-state index in [4.69, 9.17) is 26.3 Å². The Hall–Kier alpha value is -2.19. The van der Waals surface area contributed by atoms with Crippen LogP contribution in [0.4, 0.5) is 0 Å². The molecule has 0 saturated carbocycles. The molecule has 2 aliphatic heterocycles. The predicted octanol–water partition coefficient (Wildman–Crippen LogP) is 2.60. The van der Waals surface area contributed by atoms with Gasteiger partial charge >= 0.3 is 0 Å². The van der Waals surface area contributed by atoms with Crippen LogP contribution in [0, 0.1) is 11.3 Å². The normalized spacial score (nSPS) is 23.4. The first-order chi connectivity index (χ1) is 10.6. The van der Waals surface area contributed by atoms with Crippen molar-refractivity contribution in [3.05, 3.63) is 34.4 Å². The predicted molar refractivity (Wildman–Crippen MR) is 80.7 cm³/mol. The third-order valence-electron chi connectivity index (χ3n) is 3.99. The van der Waals surface area contributed by atoms with Gasteiger partial charge in [-0.05, 0) is 19.1 Å². The van der Waals surface area contributed by atoms with E-state index in [0.717, 1.165) is 11.3 Å². The van der Waals surface area contributed by atoms with E-state index in [2.05, 4.69) is 5.32 Å². The number of hydrogen-bond acceptors (Lipinski definition) is 4. The summed E-state index contributed by atoms with van der Waals surface area (Å²) in [5.74, 6) is 0.975. The number of fused-ring (bicyclic) bond motifs is 2. The van der Waals surface area contributed by atoms with E-state index in [9.17, 15) is 4.79 Å². The quantitative estimate of drug-likeness (QED) is 0.910. The summed E-state index contributed by atoms with van der Waals surface area (Å²) in [6, 6.07) is 7.42. The molecule has 22 heavy (non-hydrogen) atoms. The van der Waals surface area contributed by atoms with Gasteiger partial charge in [-0.15, -0.1) is 0 Å². The average molecular weight is 319 g/mol. The molecule has 1 aromatic carbocycles. The van der Waals surface area contributed by atoms with Gasteiger partial charge < -0.3 is 14.8 Å². The van der Waals surface area contributed by atoms with Crippen molar-refractivity contribution in [3.63, 3.8) is 0 Å². The SMILES string of the molecule is CCOc1ccc2c(c1)OCC[C@@]21CC(Cl)=C(C#N)C(=O)N1. The minimum absolute atomic E-state index is 0.00808. The molecule has 1 aromatic rings. The van der Waals surface area contributed by atoms with Gasteiger partial charge in [0.2, 0.25) is 0 Å². The van der Waals surface area contributed by atoms with Gasteiger partial charge in [0, 0.05) is 29.5 Å². The monoisotopic (exact) mass is 318 g/mol. The smallest absolute Gasteiger partial charge is 0.263 e. The molecule has 6 heteroatoms. The summed E-state index contributed by atoms with van der Waals surface area (Å²) in [4.78, 5) is 12.1. The fourth-order valence-electron chi connectivity index (χ4n) is 2.97. The van der Waals surface area contributed by atoms with Crippen LogP contribution in [0.25, 0.3) is 0 Å². The molecular formula is C16H15ClN2O3. The largest absolute Gasteiger partial charge is 0.494 e. The van der Waals surface area contributed by atoms with E-state index < -0.39 is 11.4 Å². The van der Waals surface area contributed by atoms with Gasteiger partial charge in [-0.1, -0.05) is 11.6 Å². The Morgan fingerprint density at radius 3 is 3.05 bits per heavy atom. The topological polar surface area (TPSA) is 71.3 Å². The van der Waals surface area contributed by atoms with E-state index in [-0.39, 0.29) is 5.57 Å². The maximum atomic E-state index is 12.1. The molecule has 2 aliphatic rings. The number of nitriles is 1. The third kappa shape index (κ3) is 2.30. The second-order valence-corrected chi connectivity index (χ2v) is 5.75. The highest BCUT2D eigenvalue weighted by atomic mass is 35.5. The summed E-state index contributed by atoms with van der Waals surface area (Å²) in [7, 11) is 0. The van der Waals surface area contributed by atoms with Gasteiger partial charge in [-0.3, -0.25) is 4.79 Å². The fourth-order valence-corrected chi connectivity index (χ4v) is 3.33. The molecule has 114 valence electrons. The number of nitrogens with zero attached hydrogens (tertiary/aromatic N) is 1. The Morgan fingerprint density at radius 1 is 1.55 bits per heavy atom. The molecule has 1 atom stereocenters. The number of nitrogens with one attached hydrogen (secondary N) is 1. The molecule has 1 spiro atoms. The molecule has 1 N–H and O–H groups in total. The van der Waals surface area contributed by atoms with Crippen LogP contribution >= 0.6 is 11.6 Å². The highest BCUT2D eigenvalue weighted by Crippen LogP contribution is 2.45. The second kappa shape index (κ2) is 5.54. The first kappa shape index (κ1) is 14.7. The lowest BCUT2D eigenvalue weighted by Crippen LogP contribution is -2.51. The number of carbonyl (C=O) groups excluding carboxylic acids is 1. The first-order valence-corrected chi connectivity index (χ1v) is 7.49.